The molecule has 3 nitrogen and oxygen atoms in total. The van der Waals surface area contributed by atoms with E-state index in [1.807, 2.05) is 11.8 Å². The monoisotopic (exact) mass is 275 g/mol. The topological polar surface area (TPSA) is 37.8 Å². The average molecular weight is 276 g/mol. The number of nitrogens with one attached hydrogen (secondary N) is 1. The Morgan fingerprint density at radius 2 is 2.14 bits per heavy atom. The minimum Gasteiger partial charge on any atom is -0.354 e. The summed E-state index contributed by atoms with van der Waals surface area (Å²) in [7, 11) is 0. The van der Waals surface area contributed by atoms with Crippen molar-refractivity contribution in [1.82, 2.24) is 9.97 Å². The van der Waals surface area contributed by atoms with Crippen molar-refractivity contribution in [2.45, 2.75) is 6.92 Å². The zero-order valence-electron chi connectivity index (χ0n) is 8.33. The lowest BCUT2D eigenvalue weighted by molar-refractivity contribution is 0.697. The van der Waals surface area contributed by atoms with Crippen LogP contribution in [0.1, 0.15) is 6.92 Å². The molecule has 78 valence electrons. The van der Waals surface area contributed by atoms with E-state index in [0.717, 1.165) is 16.8 Å². The van der Waals surface area contributed by atoms with E-state index < -0.39 is 0 Å². The van der Waals surface area contributed by atoms with Gasteiger partial charge in [-0.05, 0) is 33.9 Å². The van der Waals surface area contributed by atoms with Crippen molar-refractivity contribution >= 4 is 33.6 Å². The molecular formula is C9H14BrN3S. The van der Waals surface area contributed by atoms with Crippen molar-refractivity contribution in [1.29, 1.82) is 0 Å². The maximum Gasteiger partial charge on any atom is 0.222 e. The van der Waals surface area contributed by atoms with Gasteiger partial charge in [-0.1, -0.05) is 6.92 Å². The molecule has 1 heterocycles. The molecular weight excluding hydrogens is 262 g/mol. The predicted molar refractivity (Wildman–Crippen MR) is 65.8 cm³/mol. The third-order valence-corrected chi connectivity index (χ3v) is 2.99. The Morgan fingerprint density at radius 1 is 1.50 bits per heavy atom. The minimum atomic E-state index is 0.636. The molecule has 0 saturated carbocycles. The van der Waals surface area contributed by atoms with E-state index in [0.29, 0.717) is 11.9 Å². The lowest BCUT2D eigenvalue weighted by atomic mass is 10.2. The summed E-state index contributed by atoms with van der Waals surface area (Å²) >= 11 is 5.15. The van der Waals surface area contributed by atoms with Gasteiger partial charge in [-0.3, -0.25) is 0 Å². The smallest absolute Gasteiger partial charge is 0.222 e. The molecule has 1 N–H and O–H groups in total. The Morgan fingerprint density at radius 3 is 2.71 bits per heavy atom. The highest BCUT2D eigenvalue weighted by Gasteiger charge is 2.01. The van der Waals surface area contributed by atoms with Gasteiger partial charge in [0, 0.05) is 18.9 Å². The molecule has 1 rings (SSSR count). The molecule has 0 bridgehead atoms. The molecule has 0 radical (unpaired) electrons. The summed E-state index contributed by atoms with van der Waals surface area (Å²) in [4.78, 5) is 8.27. The van der Waals surface area contributed by atoms with Crippen LogP contribution >= 0.6 is 27.7 Å². The molecule has 0 amide bonds. The van der Waals surface area contributed by atoms with Gasteiger partial charge < -0.3 is 5.32 Å². The molecule has 5 heteroatoms. The number of rotatable bonds is 5. The molecule has 14 heavy (non-hydrogen) atoms. The first-order valence-corrected chi connectivity index (χ1v) is 6.61. The van der Waals surface area contributed by atoms with Crippen molar-refractivity contribution in [2.75, 3.05) is 23.9 Å². The standard InChI is InChI=1S/C9H14BrN3S/c1-7(6-14-2)3-11-9-12-4-8(10)5-13-9/h4-5,7H,3,6H2,1-2H3,(H,11,12,13). The Balaban J connectivity index is 2.34. The van der Waals surface area contributed by atoms with E-state index in [-0.39, 0.29) is 0 Å². The molecule has 0 aliphatic rings. The zero-order chi connectivity index (χ0) is 10.4. The molecule has 1 unspecified atom stereocenters. The lowest BCUT2D eigenvalue weighted by Crippen LogP contribution is -2.14. The van der Waals surface area contributed by atoms with Crippen molar-refractivity contribution in [2.24, 2.45) is 5.92 Å². The van der Waals surface area contributed by atoms with Crippen LogP contribution in [-0.2, 0) is 0 Å². The second-order valence-electron chi connectivity index (χ2n) is 3.17. The minimum absolute atomic E-state index is 0.636. The number of nitrogens with zero attached hydrogens (tertiary/aromatic N) is 2. The van der Waals surface area contributed by atoms with Gasteiger partial charge in [0.2, 0.25) is 5.95 Å². The third kappa shape index (κ3) is 4.28. The number of anilines is 1. The summed E-state index contributed by atoms with van der Waals surface area (Å²) in [6, 6.07) is 0. The number of hydrogen-bond donors (Lipinski definition) is 1. The van der Waals surface area contributed by atoms with E-state index in [9.17, 15) is 0 Å². The first kappa shape index (κ1) is 11.8. The summed E-state index contributed by atoms with van der Waals surface area (Å²) < 4.78 is 0.903. The number of halogens is 1. The first-order valence-electron chi connectivity index (χ1n) is 4.42. The van der Waals surface area contributed by atoms with Crippen molar-refractivity contribution < 1.29 is 0 Å². The first-order chi connectivity index (χ1) is 6.72. The van der Waals surface area contributed by atoms with Gasteiger partial charge in [0.05, 0.1) is 4.47 Å². The van der Waals surface area contributed by atoms with Crippen LogP contribution in [0.4, 0.5) is 5.95 Å². The quantitative estimate of drug-likeness (QED) is 0.897. The van der Waals surface area contributed by atoms with Gasteiger partial charge in [-0.25, -0.2) is 9.97 Å². The van der Waals surface area contributed by atoms with E-state index in [1.54, 1.807) is 12.4 Å². The summed E-state index contributed by atoms with van der Waals surface area (Å²) in [5.41, 5.74) is 0. The second kappa shape index (κ2) is 6.24. The summed E-state index contributed by atoms with van der Waals surface area (Å²) in [5, 5.41) is 3.20. The molecule has 0 spiro atoms. The normalized spacial score (nSPS) is 12.5. The second-order valence-corrected chi connectivity index (χ2v) is 4.99. The van der Waals surface area contributed by atoms with Crippen LogP contribution in [0.2, 0.25) is 0 Å². The van der Waals surface area contributed by atoms with E-state index in [1.165, 1.54) is 0 Å². The Labute approximate surface area is 97.2 Å². The van der Waals surface area contributed by atoms with Crippen LogP contribution in [0.25, 0.3) is 0 Å². The van der Waals surface area contributed by atoms with Crippen molar-refractivity contribution in [3.63, 3.8) is 0 Å². The highest BCUT2D eigenvalue weighted by molar-refractivity contribution is 9.10. The Hall–Kier alpha value is -0.290. The van der Waals surface area contributed by atoms with Gasteiger partial charge in [0.1, 0.15) is 0 Å². The van der Waals surface area contributed by atoms with E-state index in [2.05, 4.69) is 44.4 Å². The number of hydrogen-bond acceptors (Lipinski definition) is 4. The van der Waals surface area contributed by atoms with Crippen LogP contribution in [0, 0.1) is 5.92 Å². The van der Waals surface area contributed by atoms with Crippen LogP contribution in [0.15, 0.2) is 16.9 Å². The van der Waals surface area contributed by atoms with Gasteiger partial charge in [0.15, 0.2) is 0 Å². The third-order valence-electron chi connectivity index (χ3n) is 1.68. The van der Waals surface area contributed by atoms with Crippen molar-refractivity contribution in [3.05, 3.63) is 16.9 Å². The average Bonchev–Trinajstić information content (AvgIpc) is 2.17. The van der Waals surface area contributed by atoms with Gasteiger partial charge in [0.25, 0.3) is 0 Å². The van der Waals surface area contributed by atoms with Gasteiger partial charge >= 0.3 is 0 Å². The molecule has 1 aromatic rings. The van der Waals surface area contributed by atoms with Crippen molar-refractivity contribution in [3.8, 4) is 0 Å². The van der Waals surface area contributed by atoms with Crippen LogP contribution in [-0.4, -0.2) is 28.5 Å². The fourth-order valence-corrected chi connectivity index (χ4v) is 1.90. The maximum atomic E-state index is 4.13. The highest BCUT2D eigenvalue weighted by atomic mass is 79.9. The van der Waals surface area contributed by atoms with E-state index in [4.69, 9.17) is 0 Å². The summed E-state index contributed by atoms with van der Waals surface area (Å²) in [5.74, 6) is 2.49. The van der Waals surface area contributed by atoms with Gasteiger partial charge in [-0.15, -0.1) is 0 Å². The highest BCUT2D eigenvalue weighted by Crippen LogP contribution is 2.08. The fourth-order valence-electron chi connectivity index (χ4n) is 1.01. The van der Waals surface area contributed by atoms with Gasteiger partial charge in [-0.2, -0.15) is 11.8 Å². The SMILES string of the molecule is CSCC(C)CNc1ncc(Br)cn1. The summed E-state index contributed by atoms with van der Waals surface area (Å²) in [6.07, 6.45) is 5.61. The Kier molecular flexibility index (Phi) is 5.25. The Bertz CT molecular complexity index is 265. The molecule has 1 aromatic heterocycles. The van der Waals surface area contributed by atoms with E-state index >= 15 is 0 Å². The van der Waals surface area contributed by atoms with Crippen LogP contribution in [0.3, 0.4) is 0 Å². The number of aromatic nitrogens is 2. The number of thioether (sulfide) groups is 1. The molecule has 0 aromatic carbocycles. The zero-order valence-corrected chi connectivity index (χ0v) is 10.7. The molecule has 1 atom stereocenters. The molecule has 0 aliphatic carbocycles. The lowest BCUT2D eigenvalue weighted by Gasteiger charge is -2.10. The largest absolute Gasteiger partial charge is 0.354 e. The summed E-state index contributed by atoms with van der Waals surface area (Å²) in [6.45, 7) is 3.13. The van der Waals surface area contributed by atoms with Crippen LogP contribution < -0.4 is 5.32 Å². The maximum absolute atomic E-state index is 4.13. The van der Waals surface area contributed by atoms with Crippen LogP contribution in [0.5, 0.6) is 0 Å². The molecule has 0 saturated heterocycles. The predicted octanol–water partition coefficient (Wildman–Crippen LogP) is 2.65. The molecule has 0 fully saturated rings. The molecule has 0 aliphatic heterocycles. The fraction of sp³-hybridized carbons (Fsp3) is 0.556.